The van der Waals surface area contributed by atoms with E-state index in [2.05, 4.69) is 17.2 Å². The van der Waals surface area contributed by atoms with Crippen LogP contribution in [0.5, 0.6) is 0 Å². The average molecular weight is 433 g/mol. The Morgan fingerprint density at radius 3 is 2.25 bits per heavy atom. The van der Waals surface area contributed by atoms with E-state index in [9.17, 15) is 14.4 Å². The molecule has 32 heavy (non-hydrogen) atoms. The van der Waals surface area contributed by atoms with Crippen LogP contribution in [0.15, 0.2) is 97.1 Å². The fraction of sp³-hybridized carbons (Fsp3) is 0.192. The summed E-state index contributed by atoms with van der Waals surface area (Å²) < 4.78 is 5.37. The molecule has 2 atom stereocenters. The highest BCUT2D eigenvalue weighted by Crippen LogP contribution is 2.16. The van der Waals surface area contributed by atoms with Gasteiger partial charge in [0.1, 0.15) is 0 Å². The summed E-state index contributed by atoms with van der Waals surface area (Å²) in [6.45, 7) is 7.38. The first-order valence-electron chi connectivity index (χ1n) is 10.3. The van der Waals surface area contributed by atoms with Crippen molar-refractivity contribution < 1.29 is 19.1 Å². The summed E-state index contributed by atoms with van der Waals surface area (Å²) >= 11 is 0. The van der Waals surface area contributed by atoms with Crippen LogP contribution in [-0.4, -0.2) is 23.9 Å². The molecule has 0 aliphatic rings. The van der Waals surface area contributed by atoms with Crippen molar-refractivity contribution in [1.82, 2.24) is 10.6 Å². The van der Waals surface area contributed by atoms with E-state index in [0.717, 1.165) is 5.56 Å². The summed E-state index contributed by atoms with van der Waals surface area (Å²) in [7, 11) is 0. The van der Waals surface area contributed by atoms with E-state index in [1.54, 1.807) is 48.6 Å². The maximum absolute atomic E-state index is 12.9. The number of nitrogens with one attached hydrogen (secondary N) is 2. The van der Waals surface area contributed by atoms with Gasteiger partial charge in [0.25, 0.3) is 11.8 Å². The molecule has 166 valence electrons. The molecule has 0 saturated heterocycles. The van der Waals surface area contributed by atoms with Crippen molar-refractivity contribution >= 4 is 17.8 Å². The van der Waals surface area contributed by atoms with Crippen molar-refractivity contribution in [2.24, 2.45) is 0 Å². The third-order valence-corrected chi connectivity index (χ3v) is 4.51. The largest absolute Gasteiger partial charge is 0.451 e. The van der Waals surface area contributed by atoms with Gasteiger partial charge in [-0.2, -0.15) is 0 Å². The Kier molecular flexibility index (Phi) is 9.66. The van der Waals surface area contributed by atoms with Crippen LogP contribution in [-0.2, 0) is 25.7 Å². The molecule has 2 unspecified atom stereocenters. The van der Waals surface area contributed by atoms with Crippen LogP contribution in [0.4, 0.5) is 0 Å². The van der Waals surface area contributed by atoms with Crippen molar-refractivity contribution in [3.8, 4) is 0 Å². The summed E-state index contributed by atoms with van der Waals surface area (Å²) in [5.41, 5.74) is 1.65. The maximum atomic E-state index is 12.9. The average Bonchev–Trinajstić information content (AvgIpc) is 2.81. The van der Waals surface area contributed by atoms with Gasteiger partial charge in [-0.25, -0.2) is 4.79 Å². The quantitative estimate of drug-likeness (QED) is 0.340. The van der Waals surface area contributed by atoms with Crippen LogP contribution in [0, 0.1) is 0 Å². The normalized spacial score (nSPS) is 12.8. The molecule has 0 aliphatic heterocycles. The van der Waals surface area contributed by atoms with Crippen molar-refractivity contribution in [2.45, 2.75) is 32.5 Å². The summed E-state index contributed by atoms with van der Waals surface area (Å²) in [5, 5.41) is 5.38. The van der Waals surface area contributed by atoms with Gasteiger partial charge in [-0.05, 0) is 25.0 Å². The molecule has 0 spiro atoms. The molecule has 0 aliphatic carbocycles. The zero-order valence-electron chi connectivity index (χ0n) is 18.3. The van der Waals surface area contributed by atoms with E-state index in [-0.39, 0.29) is 5.57 Å². The molecule has 0 aromatic heterocycles. The van der Waals surface area contributed by atoms with Crippen molar-refractivity contribution in [3.05, 3.63) is 108 Å². The number of carbonyl (C=O) groups is 3. The first-order chi connectivity index (χ1) is 15.4. The summed E-state index contributed by atoms with van der Waals surface area (Å²) in [5.74, 6) is -1.69. The number of esters is 1. The lowest BCUT2D eigenvalue weighted by Crippen LogP contribution is -2.40. The first kappa shape index (κ1) is 24.3. The standard InChI is InChI=1S/C26H28N2O4/c1-4-5-8-13-19(2)24(29)28-23(22-16-11-7-12-17-22)26(31)32-20(3)25(30)27-18-21-14-9-6-10-15-21/h4-17,20,23H,2,18H2,1,3H3,(H,27,30)(H,28,29)/b5-4-,13-8-. The molecule has 6 heteroatoms. The van der Waals surface area contributed by atoms with Gasteiger partial charge in [-0.1, -0.05) is 91.5 Å². The molecule has 6 nitrogen and oxygen atoms in total. The fourth-order valence-electron chi connectivity index (χ4n) is 2.73. The van der Waals surface area contributed by atoms with E-state index >= 15 is 0 Å². The highest BCUT2D eigenvalue weighted by Gasteiger charge is 2.28. The maximum Gasteiger partial charge on any atom is 0.334 e. The second kappa shape index (κ2) is 12.7. The molecule has 2 aromatic carbocycles. The molecule has 0 fully saturated rings. The van der Waals surface area contributed by atoms with Gasteiger partial charge in [-0.15, -0.1) is 0 Å². The number of amides is 2. The van der Waals surface area contributed by atoms with Crippen LogP contribution in [0.25, 0.3) is 0 Å². The van der Waals surface area contributed by atoms with Gasteiger partial charge in [0.15, 0.2) is 12.1 Å². The van der Waals surface area contributed by atoms with Crippen molar-refractivity contribution in [1.29, 1.82) is 0 Å². The monoisotopic (exact) mass is 432 g/mol. The minimum Gasteiger partial charge on any atom is -0.451 e. The van der Waals surface area contributed by atoms with Crippen molar-refractivity contribution in [2.75, 3.05) is 0 Å². The van der Waals surface area contributed by atoms with Gasteiger partial charge < -0.3 is 15.4 Å². The molecule has 0 heterocycles. The molecule has 2 N–H and O–H groups in total. The van der Waals surface area contributed by atoms with Crippen LogP contribution < -0.4 is 10.6 Å². The summed E-state index contributed by atoms with van der Waals surface area (Å²) in [4.78, 5) is 37.8. The molecule has 0 saturated carbocycles. The lowest BCUT2D eigenvalue weighted by atomic mass is 10.1. The molecule has 0 radical (unpaired) electrons. The third-order valence-electron chi connectivity index (χ3n) is 4.51. The van der Waals surface area contributed by atoms with Gasteiger partial charge in [0, 0.05) is 12.1 Å². The predicted octanol–water partition coefficient (Wildman–Crippen LogP) is 3.78. The summed E-state index contributed by atoms with van der Waals surface area (Å²) in [6, 6.07) is 17.0. The lowest BCUT2D eigenvalue weighted by Gasteiger charge is -2.21. The van der Waals surface area contributed by atoms with E-state index in [0.29, 0.717) is 12.1 Å². The van der Waals surface area contributed by atoms with Crippen LogP contribution in [0.1, 0.15) is 31.0 Å². The zero-order chi connectivity index (χ0) is 23.3. The molecule has 0 bridgehead atoms. The van der Waals surface area contributed by atoms with Crippen LogP contribution in [0.2, 0.25) is 0 Å². The highest BCUT2D eigenvalue weighted by atomic mass is 16.5. The first-order valence-corrected chi connectivity index (χ1v) is 10.3. The Labute approximate surface area is 188 Å². The summed E-state index contributed by atoms with van der Waals surface area (Å²) in [6.07, 6.45) is 5.76. The van der Waals surface area contributed by atoms with Crippen LogP contribution in [0.3, 0.4) is 0 Å². The van der Waals surface area contributed by atoms with Crippen LogP contribution >= 0.6 is 0 Å². The molecule has 2 rings (SSSR count). The number of allylic oxidation sites excluding steroid dienone is 3. The fourth-order valence-corrected chi connectivity index (χ4v) is 2.73. The van der Waals surface area contributed by atoms with Gasteiger partial charge >= 0.3 is 5.97 Å². The Hall–Kier alpha value is -3.93. The lowest BCUT2D eigenvalue weighted by molar-refractivity contribution is -0.157. The molecule has 2 aromatic rings. The molecular formula is C26H28N2O4. The number of hydrogen-bond acceptors (Lipinski definition) is 4. The SMILES string of the molecule is C=C(/C=C\C=C/C)C(=O)NC(C(=O)OC(C)C(=O)NCc1ccccc1)c1ccccc1. The van der Waals surface area contributed by atoms with E-state index < -0.39 is 29.9 Å². The minimum atomic E-state index is -1.08. The van der Waals surface area contributed by atoms with E-state index in [1.165, 1.54) is 6.92 Å². The Morgan fingerprint density at radius 1 is 1.00 bits per heavy atom. The smallest absolute Gasteiger partial charge is 0.334 e. The Bertz CT molecular complexity index is 981. The second-order valence-electron chi connectivity index (χ2n) is 7.01. The molecular weight excluding hydrogens is 404 g/mol. The predicted molar refractivity (Wildman–Crippen MR) is 124 cm³/mol. The number of benzene rings is 2. The van der Waals surface area contributed by atoms with E-state index in [4.69, 9.17) is 4.74 Å². The number of ether oxygens (including phenoxy) is 1. The number of hydrogen-bond donors (Lipinski definition) is 2. The Morgan fingerprint density at radius 2 is 1.62 bits per heavy atom. The van der Waals surface area contributed by atoms with E-state index in [1.807, 2.05) is 43.3 Å². The van der Waals surface area contributed by atoms with Gasteiger partial charge in [0.05, 0.1) is 0 Å². The molecule has 2 amide bonds. The topological polar surface area (TPSA) is 84.5 Å². The Balaban J connectivity index is 2.05. The zero-order valence-corrected chi connectivity index (χ0v) is 18.3. The number of rotatable bonds is 10. The van der Waals surface area contributed by atoms with Gasteiger partial charge in [-0.3, -0.25) is 9.59 Å². The second-order valence-corrected chi connectivity index (χ2v) is 7.01. The third kappa shape index (κ3) is 7.72. The van der Waals surface area contributed by atoms with Gasteiger partial charge in [0.2, 0.25) is 0 Å². The van der Waals surface area contributed by atoms with Crippen molar-refractivity contribution in [3.63, 3.8) is 0 Å². The minimum absolute atomic E-state index is 0.186. The highest BCUT2D eigenvalue weighted by molar-refractivity contribution is 5.98. The number of carbonyl (C=O) groups excluding carboxylic acids is 3.